The van der Waals surface area contributed by atoms with E-state index in [1.165, 1.54) is 36.0 Å². The molecule has 27 heavy (non-hydrogen) atoms. The molecule has 1 N–H and O–H groups in total. The Balaban J connectivity index is 1.28. The lowest BCUT2D eigenvalue weighted by Gasteiger charge is -2.34. The van der Waals surface area contributed by atoms with Gasteiger partial charge in [-0.25, -0.2) is 12.7 Å². The molecule has 2 aliphatic carbocycles. The van der Waals surface area contributed by atoms with Gasteiger partial charge in [0.05, 0.1) is 11.9 Å². The smallest absolute Gasteiger partial charge is 0.216 e. The second-order valence-electron chi connectivity index (χ2n) is 8.64. The van der Waals surface area contributed by atoms with Gasteiger partial charge in [0, 0.05) is 30.7 Å². The molecule has 0 radical (unpaired) electrons. The third kappa shape index (κ3) is 3.52. The number of hydrogen-bond donors (Lipinski definition) is 1. The number of ether oxygens (including phenoxy) is 1. The number of benzene rings is 1. The minimum atomic E-state index is -3.02. The van der Waals surface area contributed by atoms with Gasteiger partial charge in [-0.15, -0.1) is 0 Å². The van der Waals surface area contributed by atoms with E-state index in [0.29, 0.717) is 25.2 Å². The van der Waals surface area contributed by atoms with Crippen molar-refractivity contribution < 1.29 is 13.2 Å². The zero-order chi connectivity index (χ0) is 18.4. The van der Waals surface area contributed by atoms with E-state index >= 15 is 0 Å². The average molecular weight is 391 g/mol. The number of sulfonamides is 1. The summed E-state index contributed by atoms with van der Waals surface area (Å²) in [6.45, 7) is 2.12. The lowest BCUT2D eigenvalue weighted by Crippen LogP contribution is -2.46. The molecule has 1 atom stereocenters. The van der Waals surface area contributed by atoms with Crippen molar-refractivity contribution in [2.45, 2.75) is 75.1 Å². The van der Waals surface area contributed by atoms with E-state index in [1.54, 1.807) is 4.31 Å². The van der Waals surface area contributed by atoms with E-state index in [9.17, 15) is 8.42 Å². The minimum absolute atomic E-state index is 0.0880. The zero-order valence-corrected chi connectivity index (χ0v) is 16.8. The summed E-state index contributed by atoms with van der Waals surface area (Å²) in [6.07, 6.45) is 9.29. The van der Waals surface area contributed by atoms with Gasteiger partial charge in [-0.3, -0.25) is 0 Å². The molecule has 2 heterocycles. The third-order valence-corrected chi connectivity index (χ3v) is 9.09. The van der Waals surface area contributed by atoms with Gasteiger partial charge in [-0.1, -0.05) is 6.07 Å². The summed E-state index contributed by atoms with van der Waals surface area (Å²) >= 11 is 0. The van der Waals surface area contributed by atoms with E-state index in [4.69, 9.17) is 4.74 Å². The molecule has 148 valence electrons. The van der Waals surface area contributed by atoms with E-state index < -0.39 is 10.0 Å². The van der Waals surface area contributed by atoms with E-state index in [2.05, 4.69) is 17.4 Å². The highest BCUT2D eigenvalue weighted by Gasteiger charge is 2.41. The maximum atomic E-state index is 12.5. The largest absolute Gasteiger partial charge is 0.493 e. The highest BCUT2D eigenvalue weighted by Crippen LogP contribution is 2.38. The molecule has 4 aliphatic rings. The standard InChI is InChI=1S/C21H30N2O3S/c24-27(25,18-6-7-18)23-10-8-17(9-11-23)22-20-5-2-12-26-21-14-16-4-1-3-15(16)13-19(20)21/h13-14,17-18,20,22H,1-12H2. The number of hydrogen-bond acceptors (Lipinski definition) is 4. The Hall–Kier alpha value is -1.11. The molecule has 2 aliphatic heterocycles. The summed E-state index contributed by atoms with van der Waals surface area (Å²) < 4.78 is 32.7. The van der Waals surface area contributed by atoms with E-state index in [-0.39, 0.29) is 5.25 Å². The van der Waals surface area contributed by atoms with Crippen molar-refractivity contribution in [1.82, 2.24) is 9.62 Å². The SMILES string of the molecule is O=S(=O)(C1CC1)N1CCC(NC2CCCOc3cc4c(cc32)CCC4)CC1. The molecule has 0 bridgehead atoms. The summed E-state index contributed by atoms with van der Waals surface area (Å²) in [5.74, 6) is 1.07. The van der Waals surface area contributed by atoms with Gasteiger partial charge in [-0.05, 0) is 75.0 Å². The maximum Gasteiger partial charge on any atom is 0.216 e. The summed E-state index contributed by atoms with van der Waals surface area (Å²) in [5.41, 5.74) is 4.28. The lowest BCUT2D eigenvalue weighted by molar-refractivity contribution is 0.268. The van der Waals surface area contributed by atoms with Crippen molar-refractivity contribution >= 4 is 10.0 Å². The number of piperidine rings is 1. The van der Waals surface area contributed by atoms with Crippen LogP contribution in [0.1, 0.15) is 67.7 Å². The topological polar surface area (TPSA) is 58.6 Å². The van der Waals surface area contributed by atoms with Gasteiger partial charge < -0.3 is 10.1 Å². The molecule has 1 saturated heterocycles. The maximum absolute atomic E-state index is 12.5. The fourth-order valence-electron chi connectivity index (χ4n) is 4.95. The van der Waals surface area contributed by atoms with Gasteiger partial charge in [-0.2, -0.15) is 0 Å². The molecule has 1 aromatic rings. The van der Waals surface area contributed by atoms with Crippen LogP contribution in [0.5, 0.6) is 5.75 Å². The monoisotopic (exact) mass is 390 g/mol. The van der Waals surface area contributed by atoms with Crippen molar-refractivity contribution in [3.05, 3.63) is 28.8 Å². The van der Waals surface area contributed by atoms with Crippen LogP contribution in [0.2, 0.25) is 0 Å². The van der Waals surface area contributed by atoms with Crippen LogP contribution in [0, 0.1) is 0 Å². The van der Waals surface area contributed by atoms with Crippen LogP contribution in [0.25, 0.3) is 0 Å². The van der Waals surface area contributed by atoms with Crippen LogP contribution in [0.4, 0.5) is 0 Å². The lowest BCUT2D eigenvalue weighted by atomic mass is 9.95. The molecular formula is C21H30N2O3S. The first-order valence-corrected chi connectivity index (χ1v) is 12.1. The first-order valence-electron chi connectivity index (χ1n) is 10.6. The quantitative estimate of drug-likeness (QED) is 0.859. The Labute approximate surface area is 162 Å². The normalized spacial score (nSPS) is 26.9. The molecule has 5 nitrogen and oxygen atoms in total. The summed E-state index contributed by atoms with van der Waals surface area (Å²) in [6, 6.07) is 5.38. The Morgan fingerprint density at radius 1 is 0.963 bits per heavy atom. The number of nitrogens with zero attached hydrogens (tertiary/aromatic N) is 1. The number of rotatable bonds is 4. The average Bonchev–Trinajstić information content (AvgIpc) is 3.46. The molecular weight excluding hydrogens is 360 g/mol. The van der Waals surface area contributed by atoms with Gasteiger partial charge in [0.15, 0.2) is 0 Å². The van der Waals surface area contributed by atoms with Crippen molar-refractivity contribution in [2.75, 3.05) is 19.7 Å². The van der Waals surface area contributed by atoms with Crippen LogP contribution < -0.4 is 10.1 Å². The number of fused-ring (bicyclic) bond motifs is 2. The van der Waals surface area contributed by atoms with Gasteiger partial charge in [0.1, 0.15) is 5.75 Å². The highest BCUT2D eigenvalue weighted by atomic mass is 32.2. The van der Waals surface area contributed by atoms with E-state index in [0.717, 1.165) is 50.9 Å². The molecule has 1 saturated carbocycles. The second-order valence-corrected chi connectivity index (χ2v) is 10.9. The Bertz CT molecular complexity index is 811. The molecule has 2 fully saturated rings. The molecule has 6 heteroatoms. The van der Waals surface area contributed by atoms with Crippen LogP contribution in [0.15, 0.2) is 12.1 Å². The third-order valence-electron chi connectivity index (χ3n) is 6.69. The predicted octanol–water partition coefficient (Wildman–Crippen LogP) is 2.94. The van der Waals surface area contributed by atoms with Gasteiger partial charge in [0.2, 0.25) is 10.0 Å². The molecule has 1 aromatic carbocycles. The molecule has 0 spiro atoms. The zero-order valence-electron chi connectivity index (χ0n) is 16.0. The minimum Gasteiger partial charge on any atom is -0.493 e. The van der Waals surface area contributed by atoms with Crippen LogP contribution in [0.3, 0.4) is 0 Å². The van der Waals surface area contributed by atoms with Crippen molar-refractivity contribution in [3.8, 4) is 5.75 Å². The first-order chi connectivity index (χ1) is 13.1. The summed E-state index contributed by atoms with van der Waals surface area (Å²) in [4.78, 5) is 0. The molecule has 5 rings (SSSR count). The fourth-order valence-corrected chi connectivity index (χ4v) is 6.83. The van der Waals surface area contributed by atoms with Crippen molar-refractivity contribution in [3.63, 3.8) is 0 Å². The molecule has 0 amide bonds. The van der Waals surface area contributed by atoms with Crippen LogP contribution >= 0.6 is 0 Å². The molecule has 1 unspecified atom stereocenters. The van der Waals surface area contributed by atoms with Crippen molar-refractivity contribution in [1.29, 1.82) is 0 Å². The number of aryl methyl sites for hydroxylation is 2. The van der Waals surface area contributed by atoms with Crippen molar-refractivity contribution in [2.24, 2.45) is 0 Å². The fraction of sp³-hybridized carbons (Fsp3) is 0.714. The van der Waals surface area contributed by atoms with Crippen LogP contribution in [-0.2, 0) is 22.9 Å². The van der Waals surface area contributed by atoms with Gasteiger partial charge in [0.25, 0.3) is 0 Å². The number of nitrogens with one attached hydrogen (secondary N) is 1. The second kappa shape index (κ2) is 7.05. The Morgan fingerprint density at radius 3 is 2.44 bits per heavy atom. The molecule has 0 aromatic heterocycles. The van der Waals surface area contributed by atoms with Crippen LogP contribution in [-0.4, -0.2) is 43.7 Å². The predicted molar refractivity (Wildman–Crippen MR) is 106 cm³/mol. The summed E-state index contributed by atoms with van der Waals surface area (Å²) in [7, 11) is -3.02. The first kappa shape index (κ1) is 18.0. The highest BCUT2D eigenvalue weighted by molar-refractivity contribution is 7.90. The summed E-state index contributed by atoms with van der Waals surface area (Å²) in [5, 5.41) is 3.77. The Kier molecular flexibility index (Phi) is 4.69. The Morgan fingerprint density at radius 2 is 1.70 bits per heavy atom. The van der Waals surface area contributed by atoms with Gasteiger partial charge >= 0.3 is 0 Å². The van der Waals surface area contributed by atoms with E-state index in [1.807, 2.05) is 0 Å².